The summed E-state index contributed by atoms with van der Waals surface area (Å²) in [5.74, 6) is 0.912. The van der Waals surface area contributed by atoms with Crippen molar-refractivity contribution in [3.8, 4) is 0 Å². The van der Waals surface area contributed by atoms with E-state index in [9.17, 15) is 0 Å². The van der Waals surface area contributed by atoms with Gasteiger partial charge in [-0.05, 0) is 64.5 Å². The number of hydrogen-bond acceptors (Lipinski definition) is 2. The molecular weight excluding hydrogens is 232 g/mol. The molecule has 0 aliphatic heterocycles. The first-order chi connectivity index (χ1) is 9.22. The maximum atomic E-state index is 3.70. The van der Waals surface area contributed by atoms with Crippen LogP contribution < -0.4 is 5.32 Å². The molecule has 2 saturated carbocycles. The Hall–Kier alpha value is -0.0800. The lowest BCUT2D eigenvalue weighted by molar-refractivity contribution is 0.0721. The summed E-state index contributed by atoms with van der Waals surface area (Å²) in [6.45, 7) is 5.93. The minimum absolute atomic E-state index is 0.799. The van der Waals surface area contributed by atoms with Crippen molar-refractivity contribution >= 4 is 0 Å². The Kier molecular flexibility index (Phi) is 6.15. The second kappa shape index (κ2) is 7.64. The van der Waals surface area contributed by atoms with Crippen LogP contribution >= 0.6 is 0 Å². The van der Waals surface area contributed by atoms with Crippen molar-refractivity contribution in [1.82, 2.24) is 10.2 Å². The molecule has 0 radical (unpaired) electrons. The van der Waals surface area contributed by atoms with Gasteiger partial charge in [-0.25, -0.2) is 0 Å². The Morgan fingerprint density at radius 2 is 1.68 bits per heavy atom. The standard InChI is InChI=1S/C17H34N2/c1-4-13-18-15-9-11-16(12-10-15)19(3)17-8-6-5-7-14(17)2/h14-18H,4-13H2,1-3H3. The molecule has 0 bridgehead atoms. The molecule has 0 amide bonds. The van der Waals surface area contributed by atoms with E-state index in [2.05, 4.69) is 31.1 Å². The quantitative estimate of drug-likeness (QED) is 0.814. The molecule has 1 N–H and O–H groups in total. The van der Waals surface area contributed by atoms with E-state index in [-0.39, 0.29) is 0 Å². The summed E-state index contributed by atoms with van der Waals surface area (Å²) in [4.78, 5) is 2.75. The van der Waals surface area contributed by atoms with Crippen LogP contribution in [0.4, 0.5) is 0 Å². The normalized spacial score (nSPS) is 36.6. The van der Waals surface area contributed by atoms with Crippen molar-refractivity contribution < 1.29 is 0 Å². The molecule has 0 saturated heterocycles. The van der Waals surface area contributed by atoms with Gasteiger partial charge in [0.05, 0.1) is 0 Å². The molecule has 2 aliphatic carbocycles. The van der Waals surface area contributed by atoms with Crippen LogP contribution in [0.3, 0.4) is 0 Å². The molecule has 0 aromatic heterocycles. The van der Waals surface area contributed by atoms with E-state index in [1.165, 1.54) is 64.3 Å². The lowest BCUT2D eigenvalue weighted by Gasteiger charge is -2.43. The van der Waals surface area contributed by atoms with E-state index < -0.39 is 0 Å². The van der Waals surface area contributed by atoms with E-state index in [0.717, 1.165) is 24.0 Å². The van der Waals surface area contributed by atoms with Crippen LogP contribution in [-0.4, -0.2) is 36.6 Å². The summed E-state index contributed by atoms with van der Waals surface area (Å²) in [5, 5.41) is 3.70. The lowest BCUT2D eigenvalue weighted by Crippen LogP contribution is -2.48. The zero-order chi connectivity index (χ0) is 13.7. The van der Waals surface area contributed by atoms with Crippen molar-refractivity contribution in [3.05, 3.63) is 0 Å². The Morgan fingerprint density at radius 3 is 2.32 bits per heavy atom. The maximum absolute atomic E-state index is 3.70. The minimum atomic E-state index is 0.799. The van der Waals surface area contributed by atoms with Gasteiger partial charge >= 0.3 is 0 Å². The molecule has 19 heavy (non-hydrogen) atoms. The first-order valence-electron chi connectivity index (χ1n) is 8.67. The number of nitrogens with zero attached hydrogens (tertiary/aromatic N) is 1. The highest BCUT2D eigenvalue weighted by Gasteiger charge is 2.31. The van der Waals surface area contributed by atoms with Gasteiger partial charge in [0.1, 0.15) is 0 Å². The third-order valence-corrected chi connectivity index (χ3v) is 5.55. The highest BCUT2D eigenvalue weighted by Crippen LogP contribution is 2.32. The third-order valence-electron chi connectivity index (χ3n) is 5.55. The van der Waals surface area contributed by atoms with E-state index in [1.54, 1.807) is 0 Å². The molecule has 0 aromatic carbocycles. The highest BCUT2D eigenvalue weighted by atomic mass is 15.2. The van der Waals surface area contributed by atoms with Crippen molar-refractivity contribution in [2.75, 3.05) is 13.6 Å². The second-order valence-corrected chi connectivity index (χ2v) is 6.95. The molecule has 2 aliphatic rings. The second-order valence-electron chi connectivity index (χ2n) is 6.95. The molecule has 0 heterocycles. The van der Waals surface area contributed by atoms with Gasteiger partial charge in [0.15, 0.2) is 0 Å². The Morgan fingerprint density at radius 1 is 1.00 bits per heavy atom. The molecule has 2 atom stereocenters. The molecule has 2 unspecified atom stereocenters. The molecular formula is C17H34N2. The first-order valence-corrected chi connectivity index (χ1v) is 8.67. The third kappa shape index (κ3) is 4.19. The van der Waals surface area contributed by atoms with Crippen molar-refractivity contribution in [3.63, 3.8) is 0 Å². The van der Waals surface area contributed by atoms with E-state index >= 15 is 0 Å². The van der Waals surface area contributed by atoms with Gasteiger partial charge in [-0.15, -0.1) is 0 Å². The predicted molar refractivity (Wildman–Crippen MR) is 83.5 cm³/mol. The molecule has 2 fully saturated rings. The maximum Gasteiger partial charge on any atom is 0.0121 e. The average Bonchev–Trinajstić information content (AvgIpc) is 2.45. The van der Waals surface area contributed by atoms with E-state index in [0.29, 0.717) is 0 Å². The average molecular weight is 266 g/mol. The van der Waals surface area contributed by atoms with Crippen LogP contribution in [0.2, 0.25) is 0 Å². The molecule has 112 valence electrons. The van der Waals surface area contributed by atoms with Gasteiger partial charge in [0.25, 0.3) is 0 Å². The van der Waals surface area contributed by atoms with Gasteiger partial charge in [-0.1, -0.05) is 26.7 Å². The minimum Gasteiger partial charge on any atom is -0.314 e. The number of rotatable bonds is 5. The first kappa shape index (κ1) is 15.3. The summed E-state index contributed by atoms with van der Waals surface area (Å²) < 4.78 is 0. The SMILES string of the molecule is CCCNC1CCC(N(C)C2CCCCC2C)CC1. The van der Waals surface area contributed by atoms with Gasteiger partial charge in [0, 0.05) is 18.1 Å². The molecule has 2 nitrogen and oxygen atoms in total. The summed E-state index contributed by atoms with van der Waals surface area (Å²) in [5.41, 5.74) is 0. The molecule has 0 spiro atoms. The number of hydrogen-bond donors (Lipinski definition) is 1. The van der Waals surface area contributed by atoms with Crippen LogP contribution in [0.1, 0.15) is 71.6 Å². The van der Waals surface area contributed by atoms with Crippen molar-refractivity contribution in [1.29, 1.82) is 0 Å². The van der Waals surface area contributed by atoms with Crippen molar-refractivity contribution in [2.24, 2.45) is 5.92 Å². The molecule has 2 heteroatoms. The summed E-state index contributed by atoms with van der Waals surface area (Å²) >= 11 is 0. The van der Waals surface area contributed by atoms with Gasteiger partial charge in [0.2, 0.25) is 0 Å². The van der Waals surface area contributed by atoms with Gasteiger partial charge in [-0.2, -0.15) is 0 Å². The van der Waals surface area contributed by atoms with Crippen LogP contribution in [-0.2, 0) is 0 Å². The predicted octanol–water partition coefficient (Wildman–Crippen LogP) is 3.81. The summed E-state index contributed by atoms with van der Waals surface area (Å²) in [6.07, 6.45) is 12.6. The zero-order valence-electron chi connectivity index (χ0n) is 13.3. The highest BCUT2D eigenvalue weighted by molar-refractivity contribution is 4.87. The van der Waals surface area contributed by atoms with Gasteiger partial charge < -0.3 is 10.2 Å². The monoisotopic (exact) mass is 266 g/mol. The van der Waals surface area contributed by atoms with Crippen LogP contribution in [0, 0.1) is 5.92 Å². The molecule has 0 aromatic rings. The topological polar surface area (TPSA) is 15.3 Å². The Bertz CT molecular complexity index is 246. The lowest BCUT2D eigenvalue weighted by atomic mass is 9.82. The summed E-state index contributed by atoms with van der Waals surface area (Å²) in [7, 11) is 2.40. The molecule has 2 rings (SSSR count). The van der Waals surface area contributed by atoms with E-state index in [4.69, 9.17) is 0 Å². The van der Waals surface area contributed by atoms with Crippen molar-refractivity contribution in [2.45, 2.75) is 89.8 Å². The fourth-order valence-electron chi connectivity index (χ4n) is 4.21. The Balaban J connectivity index is 1.76. The Labute approximate surface area is 120 Å². The van der Waals surface area contributed by atoms with Crippen LogP contribution in [0.25, 0.3) is 0 Å². The smallest absolute Gasteiger partial charge is 0.0121 e. The fraction of sp³-hybridized carbons (Fsp3) is 1.00. The van der Waals surface area contributed by atoms with Crippen LogP contribution in [0.5, 0.6) is 0 Å². The van der Waals surface area contributed by atoms with Crippen LogP contribution in [0.15, 0.2) is 0 Å². The largest absolute Gasteiger partial charge is 0.314 e. The van der Waals surface area contributed by atoms with Gasteiger partial charge in [-0.3, -0.25) is 0 Å². The number of nitrogens with one attached hydrogen (secondary N) is 1. The fourth-order valence-corrected chi connectivity index (χ4v) is 4.21. The zero-order valence-corrected chi connectivity index (χ0v) is 13.3. The summed E-state index contributed by atoms with van der Waals surface area (Å²) in [6, 6.07) is 2.51. The van der Waals surface area contributed by atoms with E-state index in [1.807, 2.05) is 0 Å².